The maximum absolute atomic E-state index is 12.0. The van der Waals surface area contributed by atoms with E-state index >= 15 is 0 Å². The third-order valence-corrected chi connectivity index (χ3v) is 3.88. The van der Waals surface area contributed by atoms with E-state index in [9.17, 15) is 26.4 Å². The molecule has 1 N–H and O–H groups in total. The van der Waals surface area contributed by atoms with Gasteiger partial charge in [0.05, 0.1) is 15.5 Å². The van der Waals surface area contributed by atoms with Gasteiger partial charge in [0.15, 0.2) is 15.6 Å². The lowest BCUT2D eigenvalue weighted by Crippen LogP contribution is -2.23. The van der Waals surface area contributed by atoms with Gasteiger partial charge in [0.25, 0.3) is 0 Å². The average molecular weight is 303 g/mol. The Morgan fingerprint density at radius 2 is 1.89 bits per heavy atom. The topological polar surface area (TPSA) is 71.4 Å². The van der Waals surface area contributed by atoms with Crippen molar-refractivity contribution >= 4 is 27.4 Å². The average Bonchev–Trinajstić information content (AvgIpc) is 2.12. The van der Waals surface area contributed by atoms with Crippen molar-refractivity contribution in [2.45, 2.75) is 11.1 Å². The van der Waals surface area contributed by atoms with Gasteiger partial charge < -0.3 is 5.11 Å². The summed E-state index contributed by atoms with van der Waals surface area (Å²) in [5.41, 5.74) is -0.386. The summed E-state index contributed by atoms with van der Waals surface area (Å²) in [4.78, 5) is 9.93. The second kappa shape index (κ2) is 4.77. The van der Waals surface area contributed by atoms with E-state index < -0.39 is 37.7 Å². The highest BCUT2D eigenvalue weighted by molar-refractivity contribution is 7.91. The molecule has 0 aliphatic carbocycles. The fourth-order valence-corrected chi connectivity index (χ4v) is 2.66. The molecule has 1 aromatic rings. The summed E-state index contributed by atoms with van der Waals surface area (Å²) in [7, 11) is -4.59. The van der Waals surface area contributed by atoms with E-state index in [0.717, 1.165) is 12.1 Å². The number of alkyl halides is 3. The lowest BCUT2D eigenvalue weighted by molar-refractivity contribution is -0.106. The van der Waals surface area contributed by atoms with Crippen molar-refractivity contribution in [1.82, 2.24) is 0 Å². The molecule has 0 atom stereocenters. The van der Waals surface area contributed by atoms with Gasteiger partial charge in [-0.1, -0.05) is 11.6 Å². The molecule has 9 heteroatoms. The van der Waals surface area contributed by atoms with Crippen LogP contribution in [0.3, 0.4) is 0 Å². The molecule has 0 spiro atoms. The van der Waals surface area contributed by atoms with Crippen LogP contribution < -0.4 is 0 Å². The minimum atomic E-state index is -4.88. The number of sulfone groups is 1. The number of carboxylic acid groups (broad SMARTS) is 1. The molecule has 0 saturated heterocycles. The van der Waals surface area contributed by atoms with Crippen molar-refractivity contribution in [3.63, 3.8) is 0 Å². The molecule has 0 amide bonds. The molecule has 18 heavy (non-hydrogen) atoms. The number of carbonyl (C=O) groups is 1. The molecule has 0 saturated carbocycles. The summed E-state index contributed by atoms with van der Waals surface area (Å²) in [5.74, 6) is -3.43. The summed E-state index contributed by atoms with van der Waals surface area (Å²) in [6, 6.07) is 2.30. The van der Waals surface area contributed by atoms with E-state index in [4.69, 9.17) is 16.7 Å². The Balaban J connectivity index is 3.20. The number of hydrogen-bond donors (Lipinski definition) is 1. The van der Waals surface area contributed by atoms with Crippen LogP contribution in [0.1, 0.15) is 10.4 Å². The Hall–Kier alpha value is -1.28. The van der Waals surface area contributed by atoms with Crippen LogP contribution in [0.4, 0.5) is 13.2 Å². The zero-order chi connectivity index (χ0) is 14.1. The van der Waals surface area contributed by atoms with Crippen molar-refractivity contribution in [3.05, 3.63) is 28.8 Å². The quantitative estimate of drug-likeness (QED) is 0.930. The number of hydrogen-bond acceptors (Lipinski definition) is 3. The molecule has 0 unspecified atom stereocenters. The smallest absolute Gasteiger partial charge is 0.403 e. The van der Waals surface area contributed by atoms with Crippen LogP contribution in [0.5, 0.6) is 0 Å². The van der Waals surface area contributed by atoms with Crippen LogP contribution in [-0.4, -0.2) is 31.4 Å². The molecule has 0 aliphatic rings. The number of rotatable bonds is 3. The van der Waals surface area contributed by atoms with Crippen LogP contribution in [0.25, 0.3) is 0 Å². The summed E-state index contributed by atoms with van der Waals surface area (Å²) >= 11 is 5.48. The van der Waals surface area contributed by atoms with E-state index in [1.807, 2.05) is 0 Å². The van der Waals surface area contributed by atoms with Crippen molar-refractivity contribution in [2.24, 2.45) is 0 Å². The van der Waals surface area contributed by atoms with Crippen molar-refractivity contribution in [3.8, 4) is 0 Å². The Labute approximate surface area is 105 Å². The van der Waals surface area contributed by atoms with Gasteiger partial charge in [-0.3, -0.25) is 0 Å². The van der Waals surface area contributed by atoms with Gasteiger partial charge in [0, 0.05) is 0 Å². The Bertz CT molecular complexity index is 580. The highest BCUT2D eigenvalue weighted by Gasteiger charge is 2.36. The van der Waals surface area contributed by atoms with E-state index in [1.165, 1.54) is 0 Å². The molecule has 4 nitrogen and oxygen atoms in total. The highest BCUT2D eigenvalue weighted by atomic mass is 35.5. The second-order valence-corrected chi connectivity index (χ2v) is 5.72. The van der Waals surface area contributed by atoms with Crippen molar-refractivity contribution in [2.75, 3.05) is 5.75 Å². The summed E-state index contributed by atoms with van der Waals surface area (Å²) < 4.78 is 58.8. The maximum atomic E-state index is 12.0. The number of halogens is 4. The number of aromatic carboxylic acids is 1. The van der Waals surface area contributed by atoms with Gasteiger partial charge in [0.1, 0.15) is 0 Å². The first-order valence-corrected chi connectivity index (χ1v) is 6.38. The first-order valence-electron chi connectivity index (χ1n) is 4.35. The third-order valence-electron chi connectivity index (χ3n) is 1.88. The summed E-state index contributed by atoms with van der Waals surface area (Å²) in [6.07, 6.45) is -4.88. The number of benzene rings is 1. The molecule has 1 aromatic carbocycles. The zero-order valence-electron chi connectivity index (χ0n) is 8.53. The van der Waals surface area contributed by atoms with Gasteiger partial charge in [-0.2, -0.15) is 13.2 Å². The van der Waals surface area contributed by atoms with E-state index in [2.05, 4.69) is 0 Å². The van der Waals surface area contributed by atoms with Gasteiger partial charge in [-0.25, -0.2) is 13.2 Å². The van der Waals surface area contributed by atoms with Crippen LogP contribution >= 0.6 is 11.6 Å². The van der Waals surface area contributed by atoms with Crippen LogP contribution in [0, 0.1) is 0 Å². The fourth-order valence-electron chi connectivity index (χ4n) is 1.16. The van der Waals surface area contributed by atoms with Crippen LogP contribution in [0.2, 0.25) is 5.02 Å². The van der Waals surface area contributed by atoms with Crippen LogP contribution in [0.15, 0.2) is 23.1 Å². The van der Waals surface area contributed by atoms with Gasteiger partial charge in [-0.15, -0.1) is 0 Å². The molecule has 0 aromatic heterocycles. The molecule has 0 bridgehead atoms. The molecule has 0 heterocycles. The predicted molar refractivity (Wildman–Crippen MR) is 56.5 cm³/mol. The zero-order valence-corrected chi connectivity index (χ0v) is 10.1. The summed E-state index contributed by atoms with van der Waals surface area (Å²) in [6.45, 7) is 0. The van der Waals surface area contributed by atoms with Gasteiger partial charge >= 0.3 is 12.1 Å². The lowest BCUT2D eigenvalue weighted by Gasteiger charge is -2.08. The highest BCUT2D eigenvalue weighted by Crippen LogP contribution is 2.26. The van der Waals surface area contributed by atoms with Crippen molar-refractivity contribution < 1.29 is 31.5 Å². The van der Waals surface area contributed by atoms with Crippen LogP contribution in [-0.2, 0) is 9.84 Å². The normalized spacial score (nSPS) is 12.4. The Morgan fingerprint density at radius 3 is 2.28 bits per heavy atom. The Morgan fingerprint density at radius 1 is 1.33 bits per heavy atom. The van der Waals surface area contributed by atoms with Gasteiger partial charge in [0.2, 0.25) is 0 Å². The molecule has 0 fully saturated rings. The predicted octanol–water partition coefficient (Wildman–Crippen LogP) is 2.37. The summed E-state index contributed by atoms with van der Waals surface area (Å²) in [5, 5.41) is 8.19. The molecule has 1 rings (SSSR count). The standard InChI is InChI=1S/C9H6ClF3O4S/c10-7-3-5(1-2-6(7)8(14)15)18(16,17)4-9(11,12)13/h1-3H,4H2,(H,14,15). The van der Waals surface area contributed by atoms with E-state index in [0.29, 0.717) is 6.07 Å². The molecule has 0 aliphatic heterocycles. The molecular weight excluding hydrogens is 297 g/mol. The fraction of sp³-hybridized carbons (Fsp3) is 0.222. The first kappa shape index (κ1) is 14.8. The lowest BCUT2D eigenvalue weighted by atomic mass is 10.2. The molecule has 100 valence electrons. The third kappa shape index (κ3) is 3.61. The monoisotopic (exact) mass is 302 g/mol. The second-order valence-electron chi connectivity index (χ2n) is 3.32. The Kier molecular flexibility index (Phi) is 3.92. The van der Waals surface area contributed by atoms with Gasteiger partial charge in [-0.05, 0) is 18.2 Å². The minimum Gasteiger partial charge on any atom is -0.478 e. The number of carboxylic acids is 1. The minimum absolute atomic E-state index is 0.386. The SMILES string of the molecule is O=C(O)c1ccc(S(=O)(=O)CC(F)(F)F)cc1Cl. The van der Waals surface area contributed by atoms with E-state index in [1.54, 1.807) is 0 Å². The van der Waals surface area contributed by atoms with Crippen molar-refractivity contribution in [1.29, 1.82) is 0 Å². The maximum Gasteiger partial charge on any atom is 0.403 e. The molecular formula is C9H6ClF3O4S. The molecule has 0 radical (unpaired) electrons. The largest absolute Gasteiger partial charge is 0.478 e. The first-order chi connectivity index (χ1) is 8.03. The van der Waals surface area contributed by atoms with E-state index in [-0.39, 0.29) is 5.56 Å².